The lowest BCUT2D eigenvalue weighted by Gasteiger charge is -2.29. The van der Waals surface area contributed by atoms with Crippen molar-refractivity contribution in [3.8, 4) is 0 Å². The van der Waals surface area contributed by atoms with E-state index in [9.17, 15) is 0 Å². The maximum absolute atomic E-state index is 3.80. The summed E-state index contributed by atoms with van der Waals surface area (Å²) in [6.07, 6.45) is 16.3. The predicted octanol–water partition coefficient (Wildman–Crippen LogP) is 5.00. The van der Waals surface area contributed by atoms with Gasteiger partial charge in [0, 0.05) is 17.0 Å². The molecular formula is C17H33NS. The molecule has 2 aliphatic rings. The van der Waals surface area contributed by atoms with Gasteiger partial charge in [-0.3, -0.25) is 0 Å². The summed E-state index contributed by atoms with van der Waals surface area (Å²) in [5.41, 5.74) is 0. The molecule has 0 aliphatic heterocycles. The lowest BCUT2D eigenvalue weighted by atomic mass is 9.93. The lowest BCUT2D eigenvalue weighted by molar-refractivity contribution is 0.347. The molecule has 2 heteroatoms. The van der Waals surface area contributed by atoms with Gasteiger partial charge >= 0.3 is 0 Å². The predicted molar refractivity (Wildman–Crippen MR) is 88.0 cm³/mol. The number of thioether (sulfide) groups is 1. The highest BCUT2D eigenvalue weighted by molar-refractivity contribution is 7.99. The second-order valence-electron chi connectivity index (χ2n) is 6.51. The third-order valence-corrected chi connectivity index (χ3v) is 6.49. The van der Waals surface area contributed by atoms with Gasteiger partial charge in [0.15, 0.2) is 0 Å². The summed E-state index contributed by atoms with van der Waals surface area (Å²) in [4.78, 5) is 0. The van der Waals surface area contributed by atoms with Crippen molar-refractivity contribution in [1.82, 2.24) is 5.32 Å². The first-order valence-corrected chi connectivity index (χ1v) is 9.80. The number of hydrogen-bond acceptors (Lipinski definition) is 2. The molecule has 1 N–H and O–H groups in total. The van der Waals surface area contributed by atoms with E-state index >= 15 is 0 Å². The summed E-state index contributed by atoms with van der Waals surface area (Å²) in [6.45, 7) is 3.42. The molecule has 2 saturated carbocycles. The third-order valence-electron chi connectivity index (χ3n) is 5.00. The molecule has 0 radical (unpaired) electrons. The molecule has 0 aromatic rings. The molecule has 0 saturated heterocycles. The average molecular weight is 284 g/mol. The van der Waals surface area contributed by atoms with Crippen LogP contribution in [0.4, 0.5) is 0 Å². The fourth-order valence-electron chi connectivity index (χ4n) is 3.81. The molecule has 2 fully saturated rings. The number of hydrogen-bond donors (Lipinski definition) is 1. The fourth-order valence-corrected chi connectivity index (χ4v) is 5.34. The zero-order valence-electron chi connectivity index (χ0n) is 12.8. The molecule has 2 aliphatic carbocycles. The van der Waals surface area contributed by atoms with Crippen LogP contribution in [0.25, 0.3) is 0 Å². The monoisotopic (exact) mass is 283 g/mol. The molecule has 1 atom stereocenters. The zero-order chi connectivity index (χ0) is 13.3. The van der Waals surface area contributed by atoms with Crippen LogP contribution in [0.5, 0.6) is 0 Å². The van der Waals surface area contributed by atoms with E-state index < -0.39 is 0 Å². The van der Waals surface area contributed by atoms with E-state index in [4.69, 9.17) is 0 Å². The topological polar surface area (TPSA) is 12.0 Å². The first kappa shape index (κ1) is 15.7. The summed E-state index contributed by atoms with van der Waals surface area (Å²) in [7, 11) is 0. The highest BCUT2D eigenvalue weighted by Crippen LogP contribution is 2.32. The molecule has 1 unspecified atom stereocenters. The van der Waals surface area contributed by atoms with Crippen molar-refractivity contribution in [2.45, 2.75) is 88.8 Å². The van der Waals surface area contributed by atoms with Gasteiger partial charge < -0.3 is 5.32 Å². The molecule has 0 heterocycles. The molecule has 2 rings (SSSR count). The van der Waals surface area contributed by atoms with Crippen LogP contribution in [-0.2, 0) is 0 Å². The maximum atomic E-state index is 3.80. The van der Waals surface area contributed by atoms with Crippen molar-refractivity contribution in [1.29, 1.82) is 0 Å². The standard InChI is InChI=1S/C17H33NS/c1-2-18-17(15-10-6-3-4-7-11-15)14-19-16-12-8-5-9-13-16/h15-18H,2-14H2,1H3. The van der Waals surface area contributed by atoms with Crippen molar-refractivity contribution in [3.63, 3.8) is 0 Å². The number of rotatable bonds is 6. The van der Waals surface area contributed by atoms with Gasteiger partial charge in [0.1, 0.15) is 0 Å². The van der Waals surface area contributed by atoms with Gasteiger partial charge in [-0.1, -0.05) is 51.9 Å². The Labute approximate surface area is 124 Å². The SMILES string of the molecule is CCNC(CSC1CCCCC1)C1CCCCCC1. The summed E-state index contributed by atoms with van der Waals surface area (Å²) < 4.78 is 0. The van der Waals surface area contributed by atoms with Crippen LogP contribution in [-0.4, -0.2) is 23.6 Å². The van der Waals surface area contributed by atoms with Gasteiger partial charge in [0.2, 0.25) is 0 Å². The van der Waals surface area contributed by atoms with Crippen LogP contribution in [0, 0.1) is 5.92 Å². The Morgan fingerprint density at radius 1 is 0.895 bits per heavy atom. The Balaban J connectivity index is 1.76. The Kier molecular flexibility index (Phi) is 7.67. The van der Waals surface area contributed by atoms with E-state index in [1.165, 1.54) is 76.4 Å². The largest absolute Gasteiger partial charge is 0.313 e. The third kappa shape index (κ3) is 5.67. The molecular weight excluding hydrogens is 250 g/mol. The van der Waals surface area contributed by atoms with E-state index in [1.807, 2.05) is 0 Å². The van der Waals surface area contributed by atoms with E-state index in [0.29, 0.717) is 0 Å². The zero-order valence-corrected chi connectivity index (χ0v) is 13.6. The number of nitrogens with one attached hydrogen (secondary N) is 1. The summed E-state index contributed by atoms with van der Waals surface area (Å²) in [5.74, 6) is 2.32. The minimum atomic E-state index is 0.787. The van der Waals surface area contributed by atoms with Gasteiger partial charge in [-0.15, -0.1) is 0 Å². The lowest BCUT2D eigenvalue weighted by Crippen LogP contribution is -2.38. The molecule has 0 amide bonds. The van der Waals surface area contributed by atoms with Crippen LogP contribution in [0.3, 0.4) is 0 Å². The highest BCUT2D eigenvalue weighted by atomic mass is 32.2. The Hall–Kier alpha value is 0.310. The van der Waals surface area contributed by atoms with E-state index in [0.717, 1.165) is 23.8 Å². The molecule has 1 nitrogen and oxygen atoms in total. The van der Waals surface area contributed by atoms with Crippen molar-refractivity contribution in [2.24, 2.45) is 5.92 Å². The van der Waals surface area contributed by atoms with Crippen LogP contribution in [0.15, 0.2) is 0 Å². The average Bonchev–Trinajstić information content (AvgIpc) is 2.73. The van der Waals surface area contributed by atoms with E-state index in [-0.39, 0.29) is 0 Å². The van der Waals surface area contributed by atoms with Crippen molar-refractivity contribution in [2.75, 3.05) is 12.3 Å². The van der Waals surface area contributed by atoms with Crippen molar-refractivity contribution < 1.29 is 0 Å². The normalized spacial score (nSPS) is 25.1. The van der Waals surface area contributed by atoms with Gasteiger partial charge in [0.25, 0.3) is 0 Å². The van der Waals surface area contributed by atoms with Crippen LogP contribution >= 0.6 is 11.8 Å². The summed E-state index contributed by atoms with van der Waals surface area (Å²) in [6, 6.07) is 0.787. The van der Waals surface area contributed by atoms with E-state index in [2.05, 4.69) is 24.0 Å². The minimum absolute atomic E-state index is 0.787. The first-order valence-electron chi connectivity index (χ1n) is 8.75. The first-order chi connectivity index (χ1) is 9.40. The molecule has 0 spiro atoms. The second-order valence-corrected chi connectivity index (χ2v) is 7.84. The maximum Gasteiger partial charge on any atom is 0.0186 e. The molecule has 0 aromatic carbocycles. The van der Waals surface area contributed by atoms with E-state index in [1.54, 1.807) is 0 Å². The Bertz CT molecular complexity index is 217. The minimum Gasteiger partial charge on any atom is -0.313 e. The summed E-state index contributed by atoms with van der Waals surface area (Å²) in [5, 5.41) is 4.77. The van der Waals surface area contributed by atoms with Crippen LogP contribution < -0.4 is 5.32 Å². The van der Waals surface area contributed by atoms with Crippen molar-refractivity contribution >= 4 is 11.8 Å². The smallest absolute Gasteiger partial charge is 0.0186 e. The molecule has 0 aromatic heterocycles. The van der Waals surface area contributed by atoms with Crippen LogP contribution in [0.2, 0.25) is 0 Å². The quantitative estimate of drug-likeness (QED) is 0.688. The van der Waals surface area contributed by atoms with Crippen LogP contribution in [0.1, 0.15) is 77.6 Å². The van der Waals surface area contributed by atoms with Gasteiger partial charge in [-0.25, -0.2) is 0 Å². The Morgan fingerprint density at radius 2 is 1.47 bits per heavy atom. The summed E-state index contributed by atoms with van der Waals surface area (Å²) >= 11 is 2.28. The Morgan fingerprint density at radius 3 is 2.11 bits per heavy atom. The molecule has 112 valence electrons. The second kappa shape index (κ2) is 9.28. The molecule has 19 heavy (non-hydrogen) atoms. The van der Waals surface area contributed by atoms with Crippen molar-refractivity contribution in [3.05, 3.63) is 0 Å². The fraction of sp³-hybridized carbons (Fsp3) is 1.00. The van der Waals surface area contributed by atoms with Gasteiger partial charge in [0.05, 0.1) is 0 Å². The van der Waals surface area contributed by atoms with Gasteiger partial charge in [-0.2, -0.15) is 11.8 Å². The highest BCUT2D eigenvalue weighted by Gasteiger charge is 2.23. The van der Waals surface area contributed by atoms with Gasteiger partial charge in [-0.05, 0) is 38.1 Å². The molecule has 0 bridgehead atoms.